The van der Waals surface area contributed by atoms with Gasteiger partial charge in [-0.1, -0.05) is 24.6 Å². The first-order valence-corrected chi connectivity index (χ1v) is 11.7. The van der Waals surface area contributed by atoms with Crippen molar-refractivity contribution < 1.29 is 14.9 Å². The molecule has 5 rings (SSSR count). The van der Waals surface area contributed by atoms with Gasteiger partial charge in [0.15, 0.2) is 5.75 Å². The summed E-state index contributed by atoms with van der Waals surface area (Å²) < 4.78 is 0. The first-order chi connectivity index (χ1) is 14.8. The van der Waals surface area contributed by atoms with Crippen LogP contribution in [0, 0.1) is 38.7 Å². The van der Waals surface area contributed by atoms with E-state index in [2.05, 4.69) is 25.1 Å². The van der Waals surface area contributed by atoms with Crippen molar-refractivity contribution in [1.82, 2.24) is 0 Å². The van der Waals surface area contributed by atoms with Gasteiger partial charge in [-0.3, -0.25) is 10.1 Å². The van der Waals surface area contributed by atoms with E-state index >= 15 is 0 Å². The second-order valence-electron chi connectivity index (χ2n) is 10.6. The quantitative estimate of drug-likeness (QED) is 0.502. The number of nitro benzene ring substituents is 1. The van der Waals surface area contributed by atoms with Crippen LogP contribution in [0.5, 0.6) is 5.75 Å². The Bertz CT molecular complexity index is 939. The second-order valence-corrected chi connectivity index (χ2v) is 10.6. The number of aliphatic hydroxyl groups excluding tert-OH is 1. The van der Waals surface area contributed by atoms with E-state index in [1.807, 2.05) is 0 Å². The topological polar surface area (TPSA) is 85.0 Å². The third kappa shape index (κ3) is 3.30. The molecule has 6 heteroatoms. The van der Waals surface area contributed by atoms with Crippen molar-refractivity contribution in [3.8, 4) is 5.75 Å². The van der Waals surface area contributed by atoms with Gasteiger partial charge in [-0.15, -0.1) is 0 Å². The molecule has 0 radical (unpaired) electrons. The van der Waals surface area contributed by atoms with Gasteiger partial charge in [0.2, 0.25) is 0 Å². The molecule has 0 amide bonds. The number of fused-ring (bicyclic) bond motifs is 5. The lowest BCUT2D eigenvalue weighted by Crippen LogP contribution is -2.51. The Labute approximate surface area is 183 Å². The highest BCUT2D eigenvalue weighted by atomic mass is 16.6. The summed E-state index contributed by atoms with van der Waals surface area (Å²) >= 11 is 0. The first kappa shape index (κ1) is 20.7. The van der Waals surface area contributed by atoms with E-state index in [1.54, 1.807) is 12.1 Å². The maximum Gasteiger partial charge on any atom is 0.269 e. The molecule has 1 aromatic carbocycles. The average molecular weight is 425 g/mol. The van der Waals surface area contributed by atoms with Crippen LogP contribution in [0.3, 0.4) is 0 Å². The molecule has 3 fully saturated rings. The van der Waals surface area contributed by atoms with E-state index in [9.17, 15) is 15.2 Å². The Kier molecular flexibility index (Phi) is 4.96. The molecule has 1 aromatic rings. The monoisotopic (exact) mass is 424 g/mol. The number of nitro groups is 1. The molecule has 6 nitrogen and oxygen atoms in total. The van der Waals surface area contributed by atoms with Crippen LogP contribution >= 0.6 is 0 Å². The lowest BCUT2D eigenvalue weighted by atomic mass is 9.47. The maximum absolute atomic E-state index is 10.8. The van der Waals surface area contributed by atoms with Gasteiger partial charge in [0.1, 0.15) is 0 Å². The van der Waals surface area contributed by atoms with Gasteiger partial charge in [-0.05, 0) is 98.2 Å². The summed E-state index contributed by atoms with van der Waals surface area (Å²) in [5.41, 5.74) is 2.86. The second kappa shape index (κ2) is 7.44. The molecule has 0 spiro atoms. The number of rotatable bonds is 3. The minimum atomic E-state index is -0.418. The van der Waals surface area contributed by atoms with Crippen LogP contribution in [0.2, 0.25) is 0 Å². The SMILES string of the molecule is C[C@]12CC[C@H]3[C@@H](CCC4=C/C(=N\Oc5ccc([N+](=O)[O-])cc5)CC[C@@]43C)[C@@H]1CC[C@@H]2O. The number of oxime groups is 1. The van der Waals surface area contributed by atoms with Gasteiger partial charge in [0.25, 0.3) is 5.69 Å². The van der Waals surface area contributed by atoms with E-state index in [0.717, 1.165) is 43.7 Å². The van der Waals surface area contributed by atoms with Gasteiger partial charge in [-0.25, -0.2) is 0 Å². The summed E-state index contributed by atoms with van der Waals surface area (Å²) in [6.07, 6.45) is 11.0. The fourth-order valence-electron chi connectivity index (χ4n) is 7.36. The molecule has 6 atom stereocenters. The minimum absolute atomic E-state index is 0.0469. The lowest BCUT2D eigenvalue weighted by molar-refractivity contribution is -0.384. The molecular weight excluding hydrogens is 392 g/mol. The van der Waals surface area contributed by atoms with E-state index in [4.69, 9.17) is 4.84 Å². The van der Waals surface area contributed by atoms with Crippen molar-refractivity contribution >= 4 is 11.4 Å². The summed E-state index contributed by atoms with van der Waals surface area (Å²) in [7, 11) is 0. The van der Waals surface area contributed by atoms with Crippen LogP contribution in [0.15, 0.2) is 41.1 Å². The van der Waals surface area contributed by atoms with Crippen molar-refractivity contribution in [2.24, 2.45) is 33.7 Å². The smallest absolute Gasteiger partial charge is 0.269 e. The molecule has 0 bridgehead atoms. The Morgan fingerprint density at radius 2 is 1.84 bits per heavy atom. The van der Waals surface area contributed by atoms with Gasteiger partial charge in [-0.2, -0.15) is 0 Å². The molecule has 3 saturated carbocycles. The molecule has 0 heterocycles. The average Bonchev–Trinajstić information content (AvgIpc) is 3.07. The summed E-state index contributed by atoms with van der Waals surface area (Å²) in [5, 5.41) is 25.8. The molecular formula is C25H32N2O4. The molecule has 0 saturated heterocycles. The van der Waals surface area contributed by atoms with Crippen molar-refractivity contribution in [3.63, 3.8) is 0 Å². The molecule has 0 unspecified atom stereocenters. The maximum atomic E-state index is 10.8. The van der Waals surface area contributed by atoms with E-state index < -0.39 is 4.92 Å². The van der Waals surface area contributed by atoms with E-state index in [-0.39, 0.29) is 22.6 Å². The molecule has 166 valence electrons. The summed E-state index contributed by atoms with van der Waals surface area (Å²) in [6.45, 7) is 4.79. The van der Waals surface area contributed by atoms with Crippen LogP contribution in [0.25, 0.3) is 0 Å². The fourth-order valence-corrected chi connectivity index (χ4v) is 7.36. The van der Waals surface area contributed by atoms with E-state index in [0.29, 0.717) is 17.6 Å². The largest absolute Gasteiger partial charge is 0.393 e. The highest BCUT2D eigenvalue weighted by Gasteiger charge is 2.58. The molecule has 0 aliphatic heterocycles. The summed E-state index contributed by atoms with van der Waals surface area (Å²) in [4.78, 5) is 15.9. The number of benzene rings is 1. The first-order valence-electron chi connectivity index (χ1n) is 11.7. The van der Waals surface area contributed by atoms with Gasteiger partial charge >= 0.3 is 0 Å². The van der Waals surface area contributed by atoms with Crippen molar-refractivity contribution in [2.75, 3.05) is 0 Å². The molecule has 1 N–H and O–H groups in total. The predicted octanol–water partition coefficient (Wildman–Crippen LogP) is 5.65. The summed E-state index contributed by atoms with van der Waals surface area (Å²) in [5.74, 6) is 2.61. The third-order valence-electron chi connectivity index (χ3n) is 9.24. The highest BCUT2D eigenvalue weighted by Crippen LogP contribution is 2.65. The number of hydrogen-bond acceptors (Lipinski definition) is 5. The summed E-state index contributed by atoms with van der Waals surface area (Å²) in [6, 6.07) is 6.04. The van der Waals surface area contributed by atoms with Gasteiger partial charge in [0, 0.05) is 12.1 Å². The normalized spacial score (nSPS) is 40.5. The number of hydrogen-bond donors (Lipinski definition) is 1. The molecule has 0 aromatic heterocycles. The zero-order valence-electron chi connectivity index (χ0n) is 18.4. The van der Waals surface area contributed by atoms with Crippen molar-refractivity contribution in [3.05, 3.63) is 46.0 Å². The Balaban J connectivity index is 1.33. The number of allylic oxidation sites excluding steroid dienone is 2. The molecule has 31 heavy (non-hydrogen) atoms. The Hall–Kier alpha value is -2.21. The van der Waals surface area contributed by atoms with Crippen LogP contribution in [0.1, 0.15) is 65.2 Å². The zero-order valence-corrected chi connectivity index (χ0v) is 18.4. The van der Waals surface area contributed by atoms with Crippen molar-refractivity contribution in [2.45, 2.75) is 71.3 Å². The standard InChI is InChI=1S/C25H32N2O4/c1-24-13-11-17(26-31-19-6-4-18(5-7-19)27(29)30)15-16(24)3-8-20-21-9-10-23(28)25(21,2)14-12-22(20)24/h4-7,15,20-23,28H,3,8-14H2,1-2H3/b26-17-/t20-,21-,22-,23-,24-,25-/m0/s1. The van der Waals surface area contributed by atoms with Gasteiger partial charge < -0.3 is 9.94 Å². The molecule has 4 aliphatic rings. The van der Waals surface area contributed by atoms with Crippen molar-refractivity contribution in [1.29, 1.82) is 0 Å². The number of aliphatic hydroxyl groups is 1. The van der Waals surface area contributed by atoms with Crippen LogP contribution in [-0.4, -0.2) is 21.8 Å². The van der Waals surface area contributed by atoms with Gasteiger partial charge in [0.05, 0.1) is 16.7 Å². The van der Waals surface area contributed by atoms with Crippen LogP contribution in [0.4, 0.5) is 5.69 Å². The minimum Gasteiger partial charge on any atom is -0.393 e. The zero-order chi connectivity index (χ0) is 21.8. The predicted molar refractivity (Wildman–Crippen MR) is 119 cm³/mol. The number of non-ortho nitro benzene ring substituents is 1. The van der Waals surface area contributed by atoms with Crippen LogP contribution in [-0.2, 0) is 0 Å². The van der Waals surface area contributed by atoms with Crippen LogP contribution < -0.4 is 4.84 Å². The Morgan fingerprint density at radius 3 is 2.58 bits per heavy atom. The van der Waals surface area contributed by atoms with E-state index in [1.165, 1.54) is 37.0 Å². The molecule has 4 aliphatic carbocycles. The Morgan fingerprint density at radius 1 is 1.06 bits per heavy atom. The fraction of sp³-hybridized carbons (Fsp3) is 0.640. The number of nitrogens with zero attached hydrogens (tertiary/aromatic N) is 2. The third-order valence-corrected chi connectivity index (χ3v) is 9.24. The lowest BCUT2D eigenvalue weighted by Gasteiger charge is -2.57. The highest BCUT2D eigenvalue weighted by molar-refractivity contribution is 5.96.